The topological polar surface area (TPSA) is 63.5 Å². The van der Waals surface area contributed by atoms with E-state index in [4.69, 9.17) is 4.74 Å². The number of hydrogen-bond acceptors (Lipinski definition) is 6. The monoisotopic (exact) mass is 437 g/mol. The van der Waals surface area contributed by atoms with E-state index in [0.29, 0.717) is 5.75 Å². The molecule has 0 atom stereocenters. The second-order valence-electron chi connectivity index (χ2n) is 7.61. The van der Waals surface area contributed by atoms with Crippen molar-refractivity contribution in [1.82, 2.24) is 19.7 Å². The van der Waals surface area contributed by atoms with Gasteiger partial charge in [0, 0.05) is 37.6 Å². The molecule has 1 saturated heterocycles. The van der Waals surface area contributed by atoms with Crippen LogP contribution in [0.3, 0.4) is 0 Å². The second kappa shape index (κ2) is 9.43. The Bertz CT molecular complexity index is 1040. The van der Waals surface area contributed by atoms with Crippen molar-refractivity contribution in [2.45, 2.75) is 19.0 Å². The molecule has 31 heavy (non-hydrogen) atoms. The number of benzene rings is 2. The first-order valence-corrected chi connectivity index (χ1v) is 11.3. The zero-order chi connectivity index (χ0) is 21.8. The van der Waals surface area contributed by atoms with Gasteiger partial charge in [-0.2, -0.15) is 0 Å². The highest BCUT2D eigenvalue weighted by atomic mass is 32.2. The third-order valence-electron chi connectivity index (χ3n) is 5.68. The van der Waals surface area contributed by atoms with E-state index in [1.165, 1.54) is 22.9 Å². The number of rotatable bonds is 6. The molecule has 162 valence electrons. The van der Waals surface area contributed by atoms with E-state index in [2.05, 4.69) is 59.3 Å². The van der Waals surface area contributed by atoms with Gasteiger partial charge >= 0.3 is 0 Å². The predicted molar refractivity (Wildman–Crippen MR) is 123 cm³/mol. The minimum absolute atomic E-state index is 0.133. The average Bonchev–Trinajstić information content (AvgIpc) is 3.28. The van der Waals surface area contributed by atoms with Gasteiger partial charge in [-0.3, -0.25) is 9.36 Å². The van der Waals surface area contributed by atoms with Gasteiger partial charge in [-0.15, -0.1) is 10.2 Å². The molecule has 1 aromatic heterocycles. The quantitative estimate of drug-likeness (QED) is 0.551. The smallest absolute Gasteiger partial charge is 0.233 e. The number of amides is 1. The number of nitrogens with zero attached hydrogens (tertiary/aromatic N) is 5. The summed E-state index contributed by atoms with van der Waals surface area (Å²) in [6, 6.07) is 14.3. The van der Waals surface area contributed by atoms with Crippen molar-refractivity contribution >= 4 is 23.4 Å². The average molecular weight is 438 g/mol. The number of aryl methyl sites for hydroxylation is 2. The molecule has 1 aliphatic heterocycles. The highest BCUT2D eigenvalue weighted by Gasteiger charge is 2.22. The van der Waals surface area contributed by atoms with Crippen molar-refractivity contribution in [1.29, 1.82) is 0 Å². The summed E-state index contributed by atoms with van der Waals surface area (Å²) >= 11 is 1.43. The van der Waals surface area contributed by atoms with Crippen molar-refractivity contribution < 1.29 is 9.53 Å². The van der Waals surface area contributed by atoms with Crippen molar-refractivity contribution in [2.75, 3.05) is 43.9 Å². The summed E-state index contributed by atoms with van der Waals surface area (Å²) in [6.07, 6.45) is 1.70. The molecule has 3 aromatic rings. The van der Waals surface area contributed by atoms with Crippen LogP contribution in [0.4, 0.5) is 5.69 Å². The summed E-state index contributed by atoms with van der Waals surface area (Å²) in [5.41, 5.74) is 4.63. The minimum atomic E-state index is 0.133. The highest BCUT2D eigenvalue weighted by molar-refractivity contribution is 7.99. The third kappa shape index (κ3) is 4.85. The Morgan fingerprint density at radius 2 is 1.71 bits per heavy atom. The van der Waals surface area contributed by atoms with E-state index < -0.39 is 0 Å². The van der Waals surface area contributed by atoms with Crippen molar-refractivity contribution in [3.05, 3.63) is 59.9 Å². The van der Waals surface area contributed by atoms with Crippen LogP contribution in [0, 0.1) is 13.8 Å². The summed E-state index contributed by atoms with van der Waals surface area (Å²) in [5, 5.41) is 8.99. The van der Waals surface area contributed by atoms with Crippen LogP contribution in [0.25, 0.3) is 5.69 Å². The maximum atomic E-state index is 12.8. The lowest BCUT2D eigenvalue weighted by Gasteiger charge is -2.36. The number of thioether (sulfide) groups is 1. The third-order valence-corrected chi connectivity index (χ3v) is 6.61. The van der Waals surface area contributed by atoms with Gasteiger partial charge in [-0.25, -0.2) is 0 Å². The maximum absolute atomic E-state index is 12.8. The van der Waals surface area contributed by atoms with Crippen LogP contribution in [0.1, 0.15) is 11.1 Å². The lowest BCUT2D eigenvalue weighted by molar-refractivity contribution is -0.128. The van der Waals surface area contributed by atoms with Gasteiger partial charge < -0.3 is 14.5 Å². The van der Waals surface area contributed by atoms with E-state index in [1.807, 2.05) is 21.6 Å². The molecule has 0 saturated carbocycles. The van der Waals surface area contributed by atoms with Crippen molar-refractivity contribution in [2.24, 2.45) is 0 Å². The van der Waals surface area contributed by atoms with Gasteiger partial charge in [0.25, 0.3) is 0 Å². The fraction of sp³-hybridized carbons (Fsp3) is 0.348. The molecular formula is C23H27N5O2S. The number of ether oxygens (including phenoxy) is 1. The van der Waals surface area contributed by atoms with Gasteiger partial charge in [-0.1, -0.05) is 17.8 Å². The van der Waals surface area contributed by atoms with E-state index in [1.54, 1.807) is 13.4 Å². The van der Waals surface area contributed by atoms with Gasteiger partial charge in [0.1, 0.15) is 12.1 Å². The molecular weight excluding hydrogens is 410 g/mol. The molecule has 0 bridgehead atoms. The number of hydrogen-bond donors (Lipinski definition) is 0. The highest BCUT2D eigenvalue weighted by Crippen LogP contribution is 2.23. The zero-order valence-corrected chi connectivity index (χ0v) is 18.9. The molecule has 0 N–H and O–H groups in total. The lowest BCUT2D eigenvalue weighted by Crippen LogP contribution is -2.49. The largest absolute Gasteiger partial charge is 0.497 e. The van der Waals surface area contributed by atoms with Gasteiger partial charge in [0.2, 0.25) is 5.91 Å². The van der Waals surface area contributed by atoms with Crippen LogP contribution in [0.15, 0.2) is 53.9 Å². The standard InChI is InChI=1S/C23H27N5O2S/c1-17-4-5-20(14-18(17)2)28-16-24-25-23(28)31-15-22(29)27-12-10-26(11-13-27)19-6-8-21(30-3)9-7-19/h4-9,14,16H,10-13,15H2,1-3H3. The Hall–Kier alpha value is -3.00. The molecule has 0 unspecified atom stereocenters. The van der Waals surface area contributed by atoms with Gasteiger partial charge in [-0.05, 0) is 61.4 Å². The molecule has 8 heteroatoms. The first-order chi connectivity index (χ1) is 15.0. The number of methoxy groups -OCH3 is 1. The summed E-state index contributed by atoms with van der Waals surface area (Å²) in [7, 11) is 1.67. The van der Waals surface area contributed by atoms with Gasteiger partial charge in [0.15, 0.2) is 5.16 Å². The molecule has 0 radical (unpaired) electrons. The van der Waals surface area contributed by atoms with E-state index in [-0.39, 0.29) is 5.91 Å². The van der Waals surface area contributed by atoms with Crippen LogP contribution in [-0.2, 0) is 4.79 Å². The van der Waals surface area contributed by atoms with Crippen molar-refractivity contribution in [3.8, 4) is 11.4 Å². The number of aromatic nitrogens is 3. The molecule has 1 fully saturated rings. The summed E-state index contributed by atoms with van der Waals surface area (Å²) < 4.78 is 7.16. The van der Waals surface area contributed by atoms with Crippen molar-refractivity contribution in [3.63, 3.8) is 0 Å². The predicted octanol–water partition coefficient (Wildman–Crippen LogP) is 3.33. The zero-order valence-electron chi connectivity index (χ0n) is 18.1. The SMILES string of the molecule is COc1ccc(N2CCN(C(=O)CSc3nncn3-c3ccc(C)c(C)c3)CC2)cc1. The fourth-order valence-corrected chi connectivity index (χ4v) is 4.43. The molecule has 2 heterocycles. The Morgan fingerprint density at radius 3 is 2.39 bits per heavy atom. The Morgan fingerprint density at radius 1 is 1.00 bits per heavy atom. The molecule has 1 amide bonds. The summed E-state index contributed by atoms with van der Waals surface area (Å²) in [4.78, 5) is 17.0. The molecule has 0 aliphatic carbocycles. The normalized spacial score (nSPS) is 14.0. The lowest BCUT2D eigenvalue weighted by atomic mass is 10.1. The Kier molecular flexibility index (Phi) is 6.46. The second-order valence-corrected chi connectivity index (χ2v) is 8.55. The van der Waals surface area contributed by atoms with Crippen LogP contribution in [0.2, 0.25) is 0 Å². The molecule has 2 aromatic carbocycles. The Labute approximate surface area is 187 Å². The number of carbonyl (C=O) groups excluding carboxylic acids is 1. The number of carbonyl (C=O) groups is 1. The van der Waals surface area contributed by atoms with E-state index in [9.17, 15) is 4.79 Å². The fourth-order valence-electron chi connectivity index (χ4n) is 3.60. The first-order valence-electron chi connectivity index (χ1n) is 10.3. The van der Waals surface area contributed by atoms with Gasteiger partial charge in [0.05, 0.1) is 12.9 Å². The molecule has 7 nitrogen and oxygen atoms in total. The number of piperazine rings is 1. The molecule has 1 aliphatic rings. The van der Waals surface area contributed by atoms with Crippen LogP contribution >= 0.6 is 11.8 Å². The van der Waals surface area contributed by atoms with E-state index in [0.717, 1.165) is 48.5 Å². The molecule has 4 rings (SSSR count). The van der Waals surface area contributed by atoms with Crippen LogP contribution in [0.5, 0.6) is 5.75 Å². The number of anilines is 1. The minimum Gasteiger partial charge on any atom is -0.497 e. The van der Waals surface area contributed by atoms with E-state index >= 15 is 0 Å². The van der Waals surface area contributed by atoms with Crippen LogP contribution < -0.4 is 9.64 Å². The Balaban J connectivity index is 1.32. The van der Waals surface area contributed by atoms with Crippen LogP contribution in [-0.4, -0.2) is 64.6 Å². The maximum Gasteiger partial charge on any atom is 0.233 e. The molecule has 0 spiro atoms. The first kappa shape index (κ1) is 21.2. The summed E-state index contributed by atoms with van der Waals surface area (Å²) in [5.74, 6) is 1.34. The summed E-state index contributed by atoms with van der Waals surface area (Å²) in [6.45, 7) is 7.26.